The molecule has 0 N–H and O–H groups in total. The van der Waals surface area contributed by atoms with E-state index in [4.69, 9.17) is 0 Å². The van der Waals surface area contributed by atoms with Crippen LogP contribution in [0.15, 0.2) is 36.4 Å². The van der Waals surface area contributed by atoms with Crippen LogP contribution in [0.3, 0.4) is 0 Å². The highest BCUT2D eigenvalue weighted by Gasteiger charge is 2.07. The molecule has 1 aromatic heterocycles. The van der Waals surface area contributed by atoms with Crippen LogP contribution in [0.2, 0.25) is 0 Å². The number of nitro groups is 1. The molecule has 0 atom stereocenters. The molecule has 4 heteroatoms. The maximum Gasteiger partial charge on any atom is 0.270 e. The van der Waals surface area contributed by atoms with Crippen molar-refractivity contribution in [2.24, 2.45) is 0 Å². The Morgan fingerprint density at radius 3 is 2.29 bits per heavy atom. The van der Waals surface area contributed by atoms with E-state index in [1.54, 1.807) is 12.1 Å². The molecule has 2 rings (SSSR count). The highest BCUT2D eigenvalue weighted by molar-refractivity contribution is 5.66. The number of aryl methyl sites for hydroxylation is 2. The molecular formula is C13H12N2O2. The molecule has 2 aromatic rings. The lowest BCUT2D eigenvalue weighted by atomic mass is 10.0. The van der Waals surface area contributed by atoms with Gasteiger partial charge in [0.15, 0.2) is 0 Å². The minimum Gasteiger partial charge on any atom is -0.258 e. The van der Waals surface area contributed by atoms with Gasteiger partial charge in [-0.3, -0.25) is 15.1 Å². The highest BCUT2D eigenvalue weighted by atomic mass is 16.6. The Morgan fingerprint density at radius 2 is 1.71 bits per heavy atom. The van der Waals surface area contributed by atoms with E-state index < -0.39 is 0 Å². The number of hydrogen-bond acceptors (Lipinski definition) is 3. The second kappa shape index (κ2) is 4.33. The highest BCUT2D eigenvalue weighted by Crippen LogP contribution is 2.24. The van der Waals surface area contributed by atoms with Crippen LogP contribution in [-0.4, -0.2) is 9.91 Å². The van der Waals surface area contributed by atoms with Crippen molar-refractivity contribution >= 4 is 5.69 Å². The van der Waals surface area contributed by atoms with Gasteiger partial charge in [-0.1, -0.05) is 12.1 Å². The summed E-state index contributed by atoms with van der Waals surface area (Å²) in [5, 5.41) is 10.7. The van der Waals surface area contributed by atoms with Crippen molar-refractivity contribution in [1.82, 2.24) is 4.98 Å². The number of aromatic nitrogens is 1. The zero-order valence-corrected chi connectivity index (χ0v) is 9.68. The SMILES string of the molecule is Cc1cc(-c2cccc([N+](=O)[O-])c2)cc(C)n1. The van der Waals surface area contributed by atoms with E-state index in [-0.39, 0.29) is 10.6 Å². The molecule has 0 saturated heterocycles. The minimum absolute atomic E-state index is 0.106. The lowest BCUT2D eigenvalue weighted by Crippen LogP contribution is -1.90. The van der Waals surface area contributed by atoms with E-state index in [1.807, 2.05) is 32.0 Å². The first-order valence-electron chi connectivity index (χ1n) is 5.26. The zero-order chi connectivity index (χ0) is 12.4. The van der Waals surface area contributed by atoms with E-state index in [0.29, 0.717) is 0 Å². The van der Waals surface area contributed by atoms with Crippen LogP contribution in [0.1, 0.15) is 11.4 Å². The van der Waals surface area contributed by atoms with E-state index >= 15 is 0 Å². The fourth-order valence-electron chi connectivity index (χ4n) is 1.80. The molecule has 0 unspecified atom stereocenters. The van der Waals surface area contributed by atoms with E-state index in [2.05, 4.69) is 4.98 Å². The monoisotopic (exact) mass is 228 g/mol. The predicted molar refractivity (Wildman–Crippen MR) is 65.8 cm³/mol. The third-order valence-corrected chi connectivity index (χ3v) is 2.47. The first-order chi connectivity index (χ1) is 8.06. The lowest BCUT2D eigenvalue weighted by molar-refractivity contribution is -0.384. The Kier molecular flexibility index (Phi) is 2.87. The maximum atomic E-state index is 10.7. The van der Waals surface area contributed by atoms with Gasteiger partial charge < -0.3 is 0 Å². The largest absolute Gasteiger partial charge is 0.270 e. The second-order valence-corrected chi connectivity index (χ2v) is 3.95. The van der Waals surface area contributed by atoms with Gasteiger partial charge in [0.25, 0.3) is 5.69 Å². The van der Waals surface area contributed by atoms with Crippen LogP contribution >= 0.6 is 0 Å². The summed E-state index contributed by atoms with van der Waals surface area (Å²) in [6.45, 7) is 3.82. The number of benzene rings is 1. The van der Waals surface area contributed by atoms with Gasteiger partial charge in [0.2, 0.25) is 0 Å². The molecule has 0 aliphatic carbocycles. The van der Waals surface area contributed by atoms with Gasteiger partial charge in [-0.2, -0.15) is 0 Å². The van der Waals surface area contributed by atoms with Gasteiger partial charge in [-0.15, -0.1) is 0 Å². The number of rotatable bonds is 2. The molecule has 1 aromatic carbocycles. The van der Waals surface area contributed by atoms with E-state index in [0.717, 1.165) is 22.5 Å². The molecule has 0 aliphatic heterocycles. The fraction of sp³-hybridized carbons (Fsp3) is 0.154. The van der Waals surface area contributed by atoms with Crippen molar-refractivity contribution in [2.75, 3.05) is 0 Å². The molecule has 0 aliphatic rings. The molecule has 0 radical (unpaired) electrons. The van der Waals surface area contributed by atoms with Crippen molar-refractivity contribution in [1.29, 1.82) is 0 Å². The predicted octanol–water partition coefficient (Wildman–Crippen LogP) is 3.27. The Morgan fingerprint density at radius 1 is 1.06 bits per heavy atom. The van der Waals surface area contributed by atoms with Gasteiger partial charge in [-0.05, 0) is 37.1 Å². The Labute approximate surface area is 99.1 Å². The normalized spacial score (nSPS) is 10.2. The Balaban J connectivity index is 2.52. The van der Waals surface area contributed by atoms with Gasteiger partial charge >= 0.3 is 0 Å². The van der Waals surface area contributed by atoms with Crippen molar-refractivity contribution in [3.8, 4) is 11.1 Å². The van der Waals surface area contributed by atoms with Gasteiger partial charge in [-0.25, -0.2) is 0 Å². The van der Waals surface area contributed by atoms with Crippen LogP contribution in [0.5, 0.6) is 0 Å². The summed E-state index contributed by atoms with van der Waals surface area (Å²) in [7, 11) is 0. The Bertz CT molecular complexity index is 559. The molecule has 0 saturated carbocycles. The van der Waals surface area contributed by atoms with Crippen molar-refractivity contribution in [3.05, 3.63) is 57.9 Å². The summed E-state index contributed by atoms with van der Waals surface area (Å²) in [6, 6.07) is 10.5. The van der Waals surface area contributed by atoms with Gasteiger partial charge in [0, 0.05) is 23.5 Å². The third kappa shape index (κ3) is 2.47. The number of hydrogen-bond donors (Lipinski definition) is 0. The first-order valence-corrected chi connectivity index (χ1v) is 5.26. The summed E-state index contributed by atoms with van der Waals surface area (Å²) < 4.78 is 0. The summed E-state index contributed by atoms with van der Waals surface area (Å²) >= 11 is 0. The zero-order valence-electron chi connectivity index (χ0n) is 9.68. The standard InChI is InChI=1S/C13H12N2O2/c1-9-6-12(7-10(2)14-9)11-4-3-5-13(8-11)15(16)17/h3-8H,1-2H3. The van der Waals surface area contributed by atoms with Crippen LogP contribution in [-0.2, 0) is 0 Å². The number of pyridine rings is 1. The summed E-state index contributed by atoms with van der Waals surface area (Å²) in [6.07, 6.45) is 0. The number of nitrogens with zero attached hydrogens (tertiary/aromatic N) is 2. The van der Waals surface area contributed by atoms with E-state index in [1.165, 1.54) is 6.07 Å². The smallest absolute Gasteiger partial charge is 0.258 e. The average molecular weight is 228 g/mol. The van der Waals surface area contributed by atoms with Crippen LogP contribution in [0.25, 0.3) is 11.1 Å². The van der Waals surface area contributed by atoms with Gasteiger partial charge in [0.05, 0.1) is 4.92 Å². The quantitative estimate of drug-likeness (QED) is 0.585. The topological polar surface area (TPSA) is 56.0 Å². The summed E-state index contributed by atoms with van der Waals surface area (Å²) in [4.78, 5) is 14.6. The molecule has 0 fully saturated rings. The molecule has 1 heterocycles. The van der Waals surface area contributed by atoms with Gasteiger partial charge in [0.1, 0.15) is 0 Å². The first kappa shape index (κ1) is 11.3. The number of non-ortho nitro benzene ring substituents is 1. The Hall–Kier alpha value is -2.23. The van der Waals surface area contributed by atoms with Crippen LogP contribution in [0.4, 0.5) is 5.69 Å². The lowest BCUT2D eigenvalue weighted by Gasteiger charge is -2.04. The molecule has 0 bridgehead atoms. The average Bonchev–Trinajstić information content (AvgIpc) is 2.28. The second-order valence-electron chi connectivity index (χ2n) is 3.95. The molecule has 17 heavy (non-hydrogen) atoms. The van der Waals surface area contributed by atoms with Crippen molar-refractivity contribution in [3.63, 3.8) is 0 Å². The molecule has 86 valence electrons. The summed E-state index contributed by atoms with van der Waals surface area (Å²) in [5.41, 5.74) is 3.72. The maximum absolute atomic E-state index is 10.7. The molecule has 4 nitrogen and oxygen atoms in total. The third-order valence-electron chi connectivity index (χ3n) is 2.47. The van der Waals surface area contributed by atoms with Crippen molar-refractivity contribution in [2.45, 2.75) is 13.8 Å². The molecule has 0 amide bonds. The van der Waals surface area contributed by atoms with Crippen LogP contribution in [0, 0.1) is 24.0 Å². The molecule has 0 spiro atoms. The van der Waals surface area contributed by atoms with E-state index in [9.17, 15) is 10.1 Å². The minimum atomic E-state index is -0.385. The fourth-order valence-corrected chi connectivity index (χ4v) is 1.80. The van der Waals surface area contributed by atoms with Crippen LogP contribution < -0.4 is 0 Å². The summed E-state index contributed by atoms with van der Waals surface area (Å²) in [5.74, 6) is 0. The number of nitro benzene ring substituents is 1. The van der Waals surface area contributed by atoms with Crippen molar-refractivity contribution < 1.29 is 4.92 Å². The molecular weight excluding hydrogens is 216 g/mol.